The molecule has 4 rings (SSSR count). The number of thioether (sulfide) groups is 2. The van der Waals surface area contributed by atoms with Crippen LogP contribution in [-0.4, -0.2) is 39.9 Å². The van der Waals surface area contributed by atoms with E-state index in [2.05, 4.69) is 0 Å². The maximum atomic E-state index is 13.1. The molecular formula is C21H21NO3S2. The van der Waals surface area contributed by atoms with Gasteiger partial charge in [-0.1, -0.05) is 36.4 Å². The number of hydrogen-bond donors (Lipinski definition) is 1. The Balaban J connectivity index is 1.57. The fourth-order valence-corrected chi connectivity index (χ4v) is 6.57. The first kappa shape index (κ1) is 18.4. The van der Waals surface area contributed by atoms with Crippen molar-refractivity contribution in [2.24, 2.45) is 0 Å². The smallest absolute Gasteiger partial charge is 0.331 e. The van der Waals surface area contributed by atoms with Crippen LogP contribution in [0.15, 0.2) is 48.5 Å². The summed E-state index contributed by atoms with van der Waals surface area (Å²) in [6, 6.07) is 14.3. The first-order chi connectivity index (χ1) is 13.1. The van der Waals surface area contributed by atoms with E-state index in [9.17, 15) is 14.7 Å². The summed E-state index contributed by atoms with van der Waals surface area (Å²) in [5, 5.41) is 9.77. The lowest BCUT2D eigenvalue weighted by Gasteiger charge is -2.35. The molecule has 2 aromatic carbocycles. The van der Waals surface area contributed by atoms with Crippen molar-refractivity contribution in [3.05, 3.63) is 70.8 Å². The Labute approximate surface area is 167 Å². The van der Waals surface area contributed by atoms with E-state index in [4.69, 9.17) is 0 Å². The lowest BCUT2D eigenvalue weighted by molar-refractivity contribution is -0.143. The zero-order valence-corrected chi connectivity index (χ0v) is 16.5. The predicted octanol–water partition coefficient (Wildman–Crippen LogP) is 4.38. The van der Waals surface area contributed by atoms with Crippen LogP contribution in [0, 0.1) is 0 Å². The summed E-state index contributed by atoms with van der Waals surface area (Å²) in [6.07, 6.45) is 1.93. The molecule has 1 N–H and O–H groups in total. The van der Waals surface area contributed by atoms with Crippen LogP contribution >= 0.6 is 23.5 Å². The van der Waals surface area contributed by atoms with Gasteiger partial charge in [-0.3, -0.25) is 4.79 Å². The minimum atomic E-state index is -0.984. The van der Waals surface area contributed by atoms with Gasteiger partial charge in [0.1, 0.15) is 0 Å². The van der Waals surface area contributed by atoms with Gasteiger partial charge in [-0.05, 0) is 53.2 Å². The topological polar surface area (TPSA) is 57.6 Å². The highest BCUT2D eigenvalue weighted by Gasteiger charge is 2.36. The number of carboxylic acid groups (broad SMARTS) is 1. The summed E-state index contributed by atoms with van der Waals surface area (Å²) in [4.78, 5) is 26.5. The van der Waals surface area contributed by atoms with Gasteiger partial charge >= 0.3 is 5.97 Å². The molecule has 1 saturated heterocycles. The molecule has 27 heavy (non-hydrogen) atoms. The summed E-state index contributed by atoms with van der Waals surface area (Å²) in [6.45, 7) is 0.420. The third kappa shape index (κ3) is 3.73. The minimum absolute atomic E-state index is 0.215. The number of benzene rings is 2. The second kappa shape index (κ2) is 7.98. The number of hydrogen-bond acceptors (Lipinski definition) is 4. The molecule has 2 aliphatic rings. The van der Waals surface area contributed by atoms with Gasteiger partial charge in [-0.15, -0.1) is 23.5 Å². The molecule has 1 fully saturated rings. The van der Waals surface area contributed by atoms with Crippen molar-refractivity contribution in [2.45, 2.75) is 23.5 Å². The number of carbonyl (C=O) groups excluding carboxylic acids is 1. The van der Waals surface area contributed by atoms with Crippen LogP contribution in [0.4, 0.5) is 0 Å². The van der Waals surface area contributed by atoms with Crippen molar-refractivity contribution in [3.8, 4) is 0 Å². The molecule has 6 heteroatoms. The second-order valence-corrected chi connectivity index (χ2v) is 9.46. The van der Waals surface area contributed by atoms with Crippen LogP contribution in [0.2, 0.25) is 0 Å². The minimum Gasteiger partial charge on any atom is -0.479 e. The molecule has 0 spiro atoms. The standard InChI is InChI=1S/C21H21NO3S2/c23-19(15-6-8-16(9-7-15)21-26-12-3-13-27-21)22-11-10-14-4-1-2-5-17(14)18(22)20(24)25/h1-2,4-9,18,21H,3,10-13H2,(H,24,25). The van der Waals surface area contributed by atoms with Gasteiger partial charge in [0.15, 0.2) is 6.04 Å². The van der Waals surface area contributed by atoms with Crippen LogP contribution in [0.25, 0.3) is 0 Å². The van der Waals surface area contributed by atoms with Crippen molar-refractivity contribution in [3.63, 3.8) is 0 Å². The van der Waals surface area contributed by atoms with E-state index >= 15 is 0 Å². The maximum absolute atomic E-state index is 13.1. The Bertz CT molecular complexity index is 847. The van der Waals surface area contributed by atoms with Crippen LogP contribution < -0.4 is 0 Å². The van der Waals surface area contributed by atoms with E-state index in [1.54, 1.807) is 0 Å². The van der Waals surface area contributed by atoms with Crippen molar-refractivity contribution < 1.29 is 14.7 Å². The van der Waals surface area contributed by atoms with Crippen LogP contribution in [0.3, 0.4) is 0 Å². The summed E-state index contributed by atoms with van der Waals surface area (Å²) in [5.74, 6) is 1.15. The summed E-state index contributed by atoms with van der Waals surface area (Å²) in [5.41, 5.74) is 3.50. The van der Waals surface area contributed by atoms with Gasteiger partial charge in [-0.2, -0.15) is 0 Å². The molecule has 0 bridgehead atoms. The summed E-state index contributed by atoms with van der Waals surface area (Å²) < 4.78 is 0.427. The highest BCUT2D eigenvalue weighted by atomic mass is 32.2. The van der Waals surface area contributed by atoms with Crippen LogP contribution in [0.5, 0.6) is 0 Å². The molecule has 0 saturated carbocycles. The van der Waals surface area contributed by atoms with E-state index in [0.29, 0.717) is 23.1 Å². The predicted molar refractivity (Wildman–Crippen MR) is 110 cm³/mol. The number of carboxylic acids is 1. The molecule has 1 unspecified atom stereocenters. The number of amides is 1. The van der Waals surface area contributed by atoms with E-state index in [1.807, 2.05) is 72.1 Å². The SMILES string of the molecule is O=C(O)C1c2ccccc2CCN1C(=O)c1ccc(C2SCCCS2)cc1. The Hall–Kier alpha value is -1.92. The molecule has 0 radical (unpaired) electrons. The van der Waals surface area contributed by atoms with E-state index in [1.165, 1.54) is 28.4 Å². The van der Waals surface area contributed by atoms with Crippen LogP contribution in [-0.2, 0) is 11.2 Å². The zero-order valence-electron chi connectivity index (χ0n) is 14.8. The molecule has 140 valence electrons. The van der Waals surface area contributed by atoms with E-state index in [0.717, 1.165) is 11.1 Å². The first-order valence-corrected chi connectivity index (χ1v) is 11.2. The summed E-state index contributed by atoms with van der Waals surface area (Å²) in [7, 11) is 0. The normalized spacial score (nSPS) is 20.1. The Morgan fingerprint density at radius 1 is 1.00 bits per heavy atom. The highest BCUT2D eigenvalue weighted by Crippen LogP contribution is 2.43. The molecule has 0 aromatic heterocycles. The van der Waals surface area contributed by atoms with E-state index in [-0.39, 0.29) is 5.91 Å². The highest BCUT2D eigenvalue weighted by molar-refractivity contribution is 8.16. The van der Waals surface area contributed by atoms with Crippen molar-refractivity contribution in [1.82, 2.24) is 4.90 Å². The average Bonchev–Trinajstić information content (AvgIpc) is 2.73. The number of rotatable bonds is 3. The van der Waals surface area contributed by atoms with Crippen molar-refractivity contribution >= 4 is 35.4 Å². The number of nitrogens with zero attached hydrogens (tertiary/aromatic N) is 1. The Morgan fingerprint density at radius 3 is 2.41 bits per heavy atom. The van der Waals surface area contributed by atoms with Crippen molar-refractivity contribution in [2.75, 3.05) is 18.1 Å². The number of carbonyl (C=O) groups is 2. The average molecular weight is 400 g/mol. The fraction of sp³-hybridized carbons (Fsp3) is 0.333. The molecule has 0 aliphatic carbocycles. The Kier molecular flexibility index (Phi) is 5.45. The monoisotopic (exact) mass is 399 g/mol. The van der Waals surface area contributed by atoms with Crippen molar-refractivity contribution in [1.29, 1.82) is 0 Å². The Morgan fingerprint density at radius 2 is 1.70 bits per heavy atom. The van der Waals surface area contributed by atoms with Gasteiger partial charge in [0.25, 0.3) is 5.91 Å². The molecule has 2 heterocycles. The van der Waals surface area contributed by atoms with Gasteiger partial charge in [0.2, 0.25) is 0 Å². The zero-order chi connectivity index (χ0) is 18.8. The lowest BCUT2D eigenvalue weighted by atomic mass is 9.92. The van der Waals surface area contributed by atoms with Gasteiger partial charge in [-0.25, -0.2) is 4.79 Å². The quantitative estimate of drug-likeness (QED) is 0.830. The third-order valence-electron chi connectivity index (χ3n) is 5.04. The van der Waals surface area contributed by atoms with E-state index < -0.39 is 12.0 Å². The van der Waals surface area contributed by atoms with Gasteiger partial charge < -0.3 is 10.0 Å². The molecular weight excluding hydrogens is 378 g/mol. The third-order valence-corrected chi connectivity index (χ3v) is 8.05. The second-order valence-electron chi connectivity index (χ2n) is 6.74. The van der Waals surface area contributed by atoms with Gasteiger partial charge in [0.05, 0.1) is 4.58 Å². The molecule has 1 atom stereocenters. The van der Waals surface area contributed by atoms with Gasteiger partial charge in [0, 0.05) is 12.1 Å². The van der Waals surface area contributed by atoms with Crippen LogP contribution in [0.1, 0.15) is 44.1 Å². The molecule has 2 aromatic rings. The number of aliphatic carboxylic acids is 1. The molecule has 4 nitrogen and oxygen atoms in total. The maximum Gasteiger partial charge on any atom is 0.331 e. The fourth-order valence-electron chi connectivity index (χ4n) is 3.68. The number of fused-ring (bicyclic) bond motifs is 1. The lowest BCUT2D eigenvalue weighted by Crippen LogP contribution is -2.43. The largest absolute Gasteiger partial charge is 0.479 e. The molecule has 2 aliphatic heterocycles. The summed E-state index contributed by atoms with van der Waals surface area (Å²) >= 11 is 3.89. The first-order valence-electron chi connectivity index (χ1n) is 9.10. The molecule has 1 amide bonds.